The second-order valence-electron chi connectivity index (χ2n) is 4.18. The average Bonchev–Trinajstić information content (AvgIpc) is 2.77. The van der Waals surface area contributed by atoms with Crippen LogP contribution in [-0.4, -0.2) is 11.2 Å². The maximum absolute atomic E-state index is 6.07. The predicted octanol–water partition coefficient (Wildman–Crippen LogP) is 4.22. The van der Waals surface area contributed by atoms with E-state index >= 15 is 0 Å². The van der Waals surface area contributed by atoms with Crippen molar-refractivity contribution >= 4 is 46.2 Å². The smallest absolute Gasteiger partial charge is 0.171 e. The van der Waals surface area contributed by atoms with E-state index in [2.05, 4.69) is 10.6 Å². The maximum atomic E-state index is 6.07. The first kappa shape index (κ1) is 12.9. The van der Waals surface area contributed by atoms with Gasteiger partial charge in [0.15, 0.2) is 5.11 Å². The number of thiocarbonyl (C=S) groups is 1. The minimum absolute atomic E-state index is 0.493. The van der Waals surface area contributed by atoms with Crippen molar-refractivity contribution in [1.29, 1.82) is 0 Å². The summed E-state index contributed by atoms with van der Waals surface area (Å²) in [6.45, 7) is 0. The lowest BCUT2D eigenvalue weighted by Gasteiger charge is -2.16. The van der Waals surface area contributed by atoms with Crippen LogP contribution < -0.4 is 10.6 Å². The zero-order valence-electron chi connectivity index (χ0n) is 9.30. The molecule has 1 saturated carbocycles. The number of nitrogens with one attached hydrogen (secondary N) is 2. The van der Waals surface area contributed by atoms with E-state index in [1.165, 1.54) is 25.7 Å². The minimum atomic E-state index is 0.493. The molecule has 1 aromatic rings. The van der Waals surface area contributed by atoms with Gasteiger partial charge in [-0.25, -0.2) is 0 Å². The Hall–Kier alpha value is -0.510. The van der Waals surface area contributed by atoms with E-state index < -0.39 is 0 Å². The Bertz CT molecular complexity index is 417. The highest BCUT2D eigenvalue weighted by molar-refractivity contribution is 7.80. The quantitative estimate of drug-likeness (QED) is 0.797. The molecule has 0 unspecified atom stereocenters. The number of halogens is 2. The third kappa shape index (κ3) is 3.47. The van der Waals surface area contributed by atoms with Gasteiger partial charge in [0, 0.05) is 6.04 Å². The van der Waals surface area contributed by atoms with Crippen LogP contribution in [0.25, 0.3) is 0 Å². The van der Waals surface area contributed by atoms with E-state index in [4.69, 9.17) is 35.4 Å². The summed E-state index contributed by atoms with van der Waals surface area (Å²) in [6, 6.07) is 5.95. The molecule has 17 heavy (non-hydrogen) atoms. The first-order valence-corrected chi connectivity index (χ1v) is 6.85. The second kappa shape index (κ2) is 5.89. The predicted molar refractivity (Wildman–Crippen MR) is 78.1 cm³/mol. The van der Waals surface area contributed by atoms with Crippen LogP contribution in [0.4, 0.5) is 5.69 Å². The molecule has 0 atom stereocenters. The SMILES string of the molecule is S=C(Nc1cccc(Cl)c1Cl)NC1CCCC1. The van der Waals surface area contributed by atoms with E-state index in [0.29, 0.717) is 21.2 Å². The summed E-state index contributed by atoms with van der Waals surface area (Å²) in [5.74, 6) is 0. The van der Waals surface area contributed by atoms with Gasteiger partial charge >= 0.3 is 0 Å². The van der Waals surface area contributed by atoms with Crippen molar-refractivity contribution in [3.63, 3.8) is 0 Å². The van der Waals surface area contributed by atoms with Crippen LogP contribution in [0.3, 0.4) is 0 Å². The van der Waals surface area contributed by atoms with Crippen LogP contribution in [0.5, 0.6) is 0 Å². The Morgan fingerprint density at radius 1 is 1.24 bits per heavy atom. The lowest BCUT2D eigenvalue weighted by Crippen LogP contribution is -2.35. The fourth-order valence-corrected chi connectivity index (χ4v) is 2.64. The van der Waals surface area contributed by atoms with Gasteiger partial charge in [0.25, 0.3) is 0 Å². The van der Waals surface area contributed by atoms with Gasteiger partial charge in [-0.3, -0.25) is 0 Å². The van der Waals surface area contributed by atoms with Gasteiger partial charge < -0.3 is 10.6 Å². The van der Waals surface area contributed by atoms with Crippen LogP contribution >= 0.6 is 35.4 Å². The summed E-state index contributed by atoms with van der Waals surface area (Å²) in [4.78, 5) is 0. The molecule has 0 bridgehead atoms. The topological polar surface area (TPSA) is 24.1 Å². The van der Waals surface area contributed by atoms with Gasteiger partial charge in [-0.2, -0.15) is 0 Å². The Kier molecular flexibility index (Phi) is 4.48. The van der Waals surface area contributed by atoms with E-state index in [0.717, 1.165) is 5.69 Å². The van der Waals surface area contributed by atoms with Gasteiger partial charge in [0.2, 0.25) is 0 Å². The van der Waals surface area contributed by atoms with Crippen molar-refractivity contribution in [3.8, 4) is 0 Å². The Balaban J connectivity index is 1.95. The zero-order chi connectivity index (χ0) is 12.3. The number of hydrogen-bond acceptors (Lipinski definition) is 1. The number of rotatable bonds is 2. The van der Waals surface area contributed by atoms with Crippen LogP contribution in [0.15, 0.2) is 18.2 Å². The summed E-state index contributed by atoms with van der Waals surface area (Å²) in [6.07, 6.45) is 4.92. The van der Waals surface area contributed by atoms with Gasteiger partial charge in [-0.05, 0) is 37.2 Å². The summed E-state index contributed by atoms with van der Waals surface area (Å²) in [7, 11) is 0. The Morgan fingerprint density at radius 3 is 2.65 bits per heavy atom. The molecule has 1 aromatic carbocycles. The van der Waals surface area contributed by atoms with Crippen LogP contribution in [-0.2, 0) is 0 Å². The summed E-state index contributed by atoms with van der Waals surface area (Å²) < 4.78 is 0. The Morgan fingerprint density at radius 2 is 1.94 bits per heavy atom. The largest absolute Gasteiger partial charge is 0.360 e. The highest BCUT2D eigenvalue weighted by Crippen LogP contribution is 2.29. The van der Waals surface area contributed by atoms with E-state index in [1.54, 1.807) is 6.07 Å². The average molecular weight is 289 g/mol. The van der Waals surface area contributed by atoms with Crippen molar-refractivity contribution < 1.29 is 0 Å². The van der Waals surface area contributed by atoms with E-state index in [9.17, 15) is 0 Å². The molecule has 1 fully saturated rings. The highest BCUT2D eigenvalue weighted by Gasteiger charge is 2.15. The molecule has 92 valence electrons. The summed E-state index contributed by atoms with van der Waals surface area (Å²) in [5, 5.41) is 8.02. The lowest BCUT2D eigenvalue weighted by molar-refractivity contribution is 0.634. The van der Waals surface area contributed by atoms with E-state index in [1.807, 2.05) is 12.1 Å². The molecule has 2 nitrogen and oxygen atoms in total. The van der Waals surface area contributed by atoms with Crippen LogP contribution in [0.1, 0.15) is 25.7 Å². The van der Waals surface area contributed by atoms with Gasteiger partial charge in [-0.15, -0.1) is 0 Å². The number of anilines is 1. The summed E-state index contributed by atoms with van der Waals surface area (Å²) >= 11 is 17.3. The van der Waals surface area contributed by atoms with Crippen molar-refractivity contribution in [2.75, 3.05) is 5.32 Å². The summed E-state index contributed by atoms with van der Waals surface area (Å²) in [5.41, 5.74) is 0.745. The molecule has 0 spiro atoms. The molecule has 1 aliphatic rings. The first-order valence-electron chi connectivity index (χ1n) is 5.68. The molecule has 2 rings (SSSR count). The molecule has 0 aromatic heterocycles. The van der Waals surface area contributed by atoms with Crippen molar-refractivity contribution in [1.82, 2.24) is 5.32 Å². The van der Waals surface area contributed by atoms with Crippen LogP contribution in [0, 0.1) is 0 Å². The van der Waals surface area contributed by atoms with Gasteiger partial charge in [0.1, 0.15) is 0 Å². The molecular formula is C12H14Cl2N2S. The van der Waals surface area contributed by atoms with Crippen molar-refractivity contribution in [2.45, 2.75) is 31.7 Å². The Labute approximate surface area is 117 Å². The molecular weight excluding hydrogens is 275 g/mol. The van der Waals surface area contributed by atoms with Crippen molar-refractivity contribution in [3.05, 3.63) is 28.2 Å². The van der Waals surface area contributed by atoms with Gasteiger partial charge in [0.05, 0.1) is 15.7 Å². The molecule has 0 saturated heterocycles. The van der Waals surface area contributed by atoms with Gasteiger partial charge in [-0.1, -0.05) is 42.1 Å². The molecule has 5 heteroatoms. The first-order chi connectivity index (χ1) is 8.16. The standard InChI is InChI=1S/C12H14Cl2N2S/c13-9-6-3-7-10(11(9)14)16-12(17)15-8-4-1-2-5-8/h3,6-8H,1-2,4-5H2,(H2,15,16,17). The molecule has 1 aliphatic carbocycles. The minimum Gasteiger partial charge on any atom is -0.360 e. The zero-order valence-corrected chi connectivity index (χ0v) is 11.6. The number of hydrogen-bond donors (Lipinski definition) is 2. The maximum Gasteiger partial charge on any atom is 0.171 e. The normalized spacial score (nSPS) is 15.9. The van der Waals surface area contributed by atoms with Crippen molar-refractivity contribution in [2.24, 2.45) is 0 Å². The third-order valence-corrected chi connectivity index (χ3v) is 3.93. The molecule has 0 heterocycles. The number of benzene rings is 1. The lowest BCUT2D eigenvalue weighted by atomic mass is 10.2. The van der Waals surface area contributed by atoms with E-state index in [-0.39, 0.29) is 0 Å². The molecule has 2 N–H and O–H groups in total. The third-order valence-electron chi connectivity index (χ3n) is 2.89. The molecule has 0 radical (unpaired) electrons. The molecule has 0 aliphatic heterocycles. The second-order valence-corrected chi connectivity index (χ2v) is 5.37. The fraction of sp³-hybridized carbons (Fsp3) is 0.417. The highest BCUT2D eigenvalue weighted by atomic mass is 35.5. The fourth-order valence-electron chi connectivity index (χ4n) is 2.01. The van der Waals surface area contributed by atoms with Crippen LogP contribution in [0.2, 0.25) is 10.0 Å². The molecule has 0 amide bonds. The monoisotopic (exact) mass is 288 g/mol.